The summed E-state index contributed by atoms with van der Waals surface area (Å²) in [5.74, 6) is 2.17. The first-order valence-electron chi connectivity index (χ1n) is 8.04. The second-order valence-corrected chi connectivity index (χ2v) is 6.06. The SMILES string of the molecule is COc1cc(OC)c(/C=N\n2c(-n3nc(C)cc3C)n[nH]c2=S)c(OC)c1. The Hall–Kier alpha value is -3.14. The predicted octanol–water partition coefficient (Wildman–Crippen LogP) is 2.65. The molecule has 0 spiro atoms. The third kappa shape index (κ3) is 3.56. The van der Waals surface area contributed by atoms with Gasteiger partial charge in [-0.2, -0.15) is 14.9 Å². The number of nitrogens with one attached hydrogen (secondary N) is 1. The summed E-state index contributed by atoms with van der Waals surface area (Å²) in [6.07, 6.45) is 1.59. The van der Waals surface area contributed by atoms with Crippen molar-refractivity contribution in [3.8, 4) is 23.2 Å². The molecular formula is C17H20N6O3S. The molecule has 0 aliphatic heterocycles. The molecule has 0 amide bonds. The number of aromatic amines is 1. The molecule has 0 saturated carbocycles. The lowest BCUT2D eigenvalue weighted by atomic mass is 10.2. The zero-order valence-corrected chi connectivity index (χ0v) is 16.5. The molecule has 142 valence electrons. The van der Waals surface area contributed by atoms with Crippen LogP contribution < -0.4 is 14.2 Å². The lowest BCUT2D eigenvalue weighted by Gasteiger charge is -2.12. The van der Waals surface area contributed by atoms with Crippen molar-refractivity contribution in [1.29, 1.82) is 0 Å². The second-order valence-electron chi connectivity index (χ2n) is 5.67. The number of nitrogens with zero attached hydrogens (tertiary/aromatic N) is 5. The van der Waals surface area contributed by atoms with Gasteiger partial charge in [-0.25, -0.2) is 9.78 Å². The average Bonchev–Trinajstić information content (AvgIpc) is 3.19. The van der Waals surface area contributed by atoms with E-state index in [0.29, 0.717) is 33.5 Å². The lowest BCUT2D eigenvalue weighted by molar-refractivity contribution is 0.374. The van der Waals surface area contributed by atoms with E-state index in [9.17, 15) is 0 Å². The highest BCUT2D eigenvalue weighted by Gasteiger charge is 2.14. The highest BCUT2D eigenvalue weighted by Crippen LogP contribution is 2.32. The van der Waals surface area contributed by atoms with Gasteiger partial charge in [0.1, 0.15) is 17.2 Å². The number of ether oxygens (including phenoxy) is 3. The van der Waals surface area contributed by atoms with E-state index in [1.807, 2.05) is 19.9 Å². The number of benzene rings is 1. The Labute approximate surface area is 161 Å². The van der Waals surface area contributed by atoms with Crippen LogP contribution in [0.1, 0.15) is 17.0 Å². The van der Waals surface area contributed by atoms with Gasteiger partial charge in [0.25, 0.3) is 5.95 Å². The Kier molecular flexibility index (Phi) is 5.26. The number of hydrogen-bond acceptors (Lipinski definition) is 7. The van der Waals surface area contributed by atoms with Gasteiger partial charge in [-0.05, 0) is 32.1 Å². The van der Waals surface area contributed by atoms with Crippen molar-refractivity contribution in [2.45, 2.75) is 13.8 Å². The Morgan fingerprint density at radius 1 is 1.07 bits per heavy atom. The zero-order valence-electron chi connectivity index (χ0n) is 15.7. The fourth-order valence-electron chi connectivity index (χ4n) is 2.63. The Morgan fingerprint density at radius 3 is 2.26 bits per heavy atom. The van der Waals surface area contributed by atoms with Crippen molar-refractivity contribution in [3.05, 3.63) is 39.9 Å². The number of rotatable bonds is 6. The first kappa shape index (κ1) is 18.6. The van der Waals surface area contributed by atoms with Gasteiger partial charge in [0, 0.05) is 17.8 Å². The number of methoxy groups -OCH3 is 3. The van der Waals surface area contributed by atoms with Crippen LogP contribution in [-0.2, 0) is 0 Å². The van der Waals surface area contributed by atoms with Gasteiger partial charge >= 0.3 is 0 Å². The molecule has 27 heavy (non-hydrogen) atoms. The molecule has 0 saturated heterocycles. The summed E-state index contributed by atoms with van der Waals surface area (Å²) in [6, 6.07) is 5.45. The van der Waals surface area contributed by atoms with Crippen molar-refractivity contribution < 1.29 is 14.2 Å². The Bertz CT molecular complexity index is 1020. The van der Waals surface area contributed by atoms with Crippen LogP contribution in [0.2, 0.25) is 0 Å². The van der Waals surface area contributed by atoms with Gasteiger partial charge < -0.3 is 14.2 Å². The number of hydrogen-bond donors (Lipinski definition) is 1. The summed E-state index contributed by atoms with van der Waals surface area (Å²) in [5, 5.41) is 15.9. The molecule has 1 N–H and O–H groups in total. The summed E-state index contributed by atoms with van der Waals surface area (Å²) < 4.78 is 19.6. The van der Waals surface area contributed by atoms with E-state index in [1.54, 1.807) is 44.4 Å². The molecule has 3 aromatic rings. The van der Waals surface area contributed by atoms with Crippen LogP contribution >= 0.6 is 12.2 Å². The van der Waals surface area contributed by atoms with Crippen molar-refractivity contribution >= 4 is 18.4 Å². The highest BCUT2D eigenvalue weighted by molar-refractivity contribution is 7.71. The minimum Gasteiger partial charge on any atom is -0.496 e. The van der Waals surface area contributed by atoms with Crippen LogP contribution in [0, 0.1) is 18.6 Å². The summed E-state index contributed by atoms with van der Waals surface area (Å²) in [6.45, 7) is 3.84. The summed E-state index contributed by atoms with van der Waals surface area (Å²) >= 11 is 5.31. The second kappa shape index (κ2) is 7.62. The maximum Gasteiger partial charge on any atom is 0.271 e. The molecular weight excluding hydrogens is 368 g/mol. The van der Waals surface area contributed by atoms with Crippen molar-refractivity contribution in [3.63, 3.8) is 0 Å². The molecule has 0 aliphatic rings. The van der Waals surface area contributed by atoms with E-state index in [2.05, 4.69) is 20.4 Å². The summed E-state index contributed by atoms with van der Waals surface area (Å²) in [5.41, 5.74) is 2.43. The van der Waals surface area contributed by atoms with E-state index in [-0.39, 0.29) is 0 Å². The smallest absolute Gasteiger partial charge is 0.271 e. The fourth-order valence-corrected chi connectivity index (χ4v) is 2.81. The quantitative estimate of drug-likeness (QED) is 0.516. The minimum atomic E-state index is 0.334. The van der Waals surface area contributed by atoms with E-state index < -0.39 is 0 Å². The Balaban J connectivity index is 2.09. The third-order valence-electron chi connectivity index (χ3n) is 3.89. The van der Waals surface area contributed by atoms with Crippen molar-refractivity contribution in [2.24, 2.45) is 5.10 Å². The zero-order chi connectivity index (χ0) is 19.6. The number of H-pyrrole nitrogens is 1. The third-order valence-corrected chi connectivity index (χ3v) is 4.15. The van der Waals surface area contributed by atoms with Gasteiger partial charge in [0.05, 0.1) is 38.8 Å². The summed E-state index contributed by atoms with van der Waals surface area (Å²) in [7, 11) is 4.71. The topological polar surface area (TPSA) is 91.5 Å². The molecule has 0 bridgehead atoms. The summed E-state index contributed by atoms with van der Waals surface area (Å²) in [4.78, 5) is 0. The van der Waals surface area contributed by atoms with Gasteiger partial charge in [-0.3, -0.25) is 0 Å². The highest BCUT2D eigenvalue weighted by atomic mass is 32.1. The molecule has 0 fully saturated rings. The van der Waals surface area contributed by atoms with E-state index >= 15 is 0 Å². The molecule has 10 heteroatoms. The van der Waals surface area contributed by atoms with E-state index in [1.165, 1.54) is 4.68 Å². The molecule has 2 heterocycles. The van der Waals surface area contributed by atoms with Gasteiger partial charge in [-0.15, -0.1) is 5.10 Å². The largest absolute Gasteiger partial charge is 0.496 e. The maximum absolute atomic E-state index is 5.44. The molecule has 0 aliphatic carbocycles. The number of aromatic nitrogens is 5. The predicted molar refractivity (Wildman–Crippen MR) is 103 cm³/mol. The molecule has 1 aromatic carbocycles. The van der Waals surface area contributed by atoms with E-state index in [0.717, 1.165) is 11.4 Å². The van der Waals surface area contributed by atoms with Crippen LogP contribution in [0.25, 0.3) is 5.95 Å². The van der Waals surface area contributed by atoms with Crippen LogP contribution in [0.5, 0.6) is 17.2 Å². The monoisotopic (exact) mass is 388 g/mol. The standard InChI is InChI=1S/C17H20N6O3S/c1-10-6-11(2)22(21-10)16-19-20-17(27)23(16)18-9-13-14(25-4)7-12(24-3)8-15(13)26-5/h6-9H,1-5H3,(H,20,27)/b18-9-. The first-order valence-corrected chi connectivity index (χ1v) is 8.44. The molecule has 9 nitrogen and oxygen atoms in total. The van der Waals surface area contributed by atoms with Crippen LogP contribution in [0.15, 0.2) is 23.3 Å². The van der Waals surface area contributed by atoms with Crippen molar-refractivity contribution in [1.82, 2.24) is 24.7 Å². The Morgan fingerprint density at radius 2 is 1.74 bits per heavy atom. The molecule has 2 aromatic heterocycles. The first-order chi connectivity index (χ1) is 13.0. The normalized spacial score (nSPS) is 11.1. The van der Waals surface area contributed by atoms with Gasteiger partial charge in [0.2, 0.25) is 4.77 Å². The molecule has 0 radical (unpaired) electrons. The minimum absolute atomic E-state index is 0.334. The van der Waals surface area contributed by atoms with Gasteiger partial charge in [0.15, 0.2) is 0 Å². The fraction of sp³-hybridized carbons (Fsp3) is 0.294. The average molecular weight is 388 g/mol. The van der Waals surface area contributed by atoms with E-state index in [4.69, 9.17) is 26.4 Å². The van der Waals surface area contributed by atoms with Crippen LogP contribution in [0.4, 0.5) is 0 Å². The molecule has 0 atom stereocenters. The lowest BCUT2D eigenvalue weighted by Crippen LogP contribution is -2.07. The van der Waals surface area contributed by atoms with Crippen LogP contribution in [-0.4, -0.2) is 52.2 Å². The molecule has 3 rings (SSSR count). The van der Waals surface area contributed by atoms with Crippen LogP contribution in [0.3, 0.4) is 0 Å². The van der Waals surface area contributed by atoms with Crippen molar-refractivity contribution in [2.75, 3.05) is 21.3 Å². The van der Waals surface area contributed by atoms with Gasteiger partial charge in [-0.1, -0.05) is 0 Å². The number of aryl methyl sites for hydroxylation is 2. The maximum atomic E-state index is 5.44. The molecule has 0 unspecified atom stereocenters.